The molecular formula is C17H22N4O3. The summed E-state index contributed by atoms with van der Waals surface area (Å²) in [7, 11) is 0. The second kappa shape index (κ2) is 7.25. The van der Waals surface area contributed by atoms with Crippen LogP contribution >= 0.6 is 0 Å². The largest absolute Gasteiger partial charge is 0.480 e. The maximum Gasteiger partial charge on any atom is 0.326 e. The van der Waals surface area contributed by atoms with Gasteiger partial charge in [0.05, 0.1) is 0 Å². The minimum absolute atomic E-state index is 0.0128. The van der Waals surface area contributed by atoms with E-state index in [2.05, 4.69) is 15.5 Å². The molecule has 1 atom stereocenters. The van der Waals surface area contributed by atoms with Gasteiger partial charge in [0.1, 0.15) is 18.7 Å². The van der Waals surface area contributed by atoms with Gasteiger partial charge in [0.25, 0.3) is 5.91 Å². The Balaban J connectivity index is 2.03. The average molecular weight is 330 g/mol. The molecule has 2 rings (SSSR count). The molecule has 2 aromatic rings. The molecule has 128 valence electrons. The first kappa shape index (κ1) is 17.7. The Morgan fingerprint density at radius 3 is 2.25 bits per heavy atom. The molecule has 0 aliphatic heterocycles. The average Bonchev–Trinajstić information content (AvgIpc) is 3.04. The van der Waals surface area contributed by atoms with Crippen LogP contribution in [0.3, 0.4) is 0 Å². The van der Waals surface area contributed by atoms with Crippen molar-refractivity contribution in [2.45, 2.75) is 39.7 Å². The van der Waals surface area contributed by atoms with E-state index in [1.807, 2.05) is 20.8 Å². The van der Waals surface area contributed by atoms with Gasteiger partial charge in [0, 0.05) is 11.3 Å². The van der Waals surface area contributed by atoms with Crippen LogP contribution in [-0.2, 0) is 4.79 Å². The van der Waals surface area contributed by atoms with Gasteiger partial charge in [0.15, 0.2) is 0 Å². The Labute approximate surface area is 140 Å². The van der Waals surface area contributed by atoms with E-state index in [0.717, 1.165) is 5.69 Å². The monoisotopic (exact) mass is 330 g/mol. The van der Waals surface area contributed by atoms with Crippen LogP contribution in [0.1, 0.15) is 44.0 Å². The van der Waals surface area contributed by atoms with E-state index < -0.39 is 17.9 Å². The number of hydrogen-bond donors (Lipinski definition) is 2. The van der Waals surface area contributed by atoms with Crippen LogP contribution in [0.2, 0.25) is 0 Å². The SMILES string of the molecule is CC(C)(C)CCC(NC(=O)c1ccc(-n2cnnc2)cc1)C(=O)O. The van der Waals surface area contributed by atoms with Crippen LogP contribution in [0, 0.1) is 5.41 Å². The molecule has 0 bridgehead atoms. The lowest BCUT2D eigenvalue weighted by molar-refractivity contribution is -0.139. The number of carboxylic acids is 1. The molecule has 7 nitrogen and oxygen atoms in total. The topological polar surface area (TPSA) is 97.1 Å². The third-order valence-electron chi connectivity index (χ3n) is 3.63. The van der Waals surface area contributed by atoms with Crippen molar-refractivity contribution in [3.63, 3.8) is 0 Å². The second-order valence-electron chi connectivity index (χ2n) is 6.88. The predicted octanol–water partition coefficient (Wildman–Crippen LogP) is 2.28. The normalized spacial score (nSPS) is 12.6. The number of nitrogens with zero attached hydrogens (tertiary/aromatic N) is 3. The quantitative estimate of drug-likeness (QED) is 0.847. The number of rotatable bonds is 6. The van der Waals surface area contributed by atoms with E-state index in [1.165, 1.54) is 0 Å². The molecule has 1 aromatic heterocycles. The van der Waals surface area contributed by atoms with Crippen LogP contribution < -0.4 is 5.32 Å². The van der Waals surface area contributed by atoms with Crippen LogP contribution in [0.15, 0.2) is 36.9 Å². The van der Waals surface area contributed by atoms with Gasteiger partial charge in [-0.2, -0.15) is 0 Å². The number of amides is 1. The van der Waals surface area contributed by atoms with Crippen LogP contribution in [0.25, 0.3) is 5.69 Å². The fraction of sp³-hybridized carbons (Fsp3) is 0.412. The molecule has 2 N–H and O–H groups in total. The number of benzene rings is 1. The third kappa shape index (κ3) is 4.91. The van der Waals surface area contributed by atoms with Crippen molar-refractivity contribution >= 4 is 11.9 Å². The van der Waals surface area contributed by atoms with Crippen molar-refractivity contribution in [2.24, 2.45) is 5.41 Å². The van der Waals surface area contributed by atoms with Crippen molar-refractivity contribution in [2.75, 3.05) is 0 Å². The summed E-state index contributed by atoms with van der Waals surface area (Å²) in [4.78, 5) is 23.6. The van der Waals surface area contributed by atoms with Gasteiger partial charge < -0.3 is 10.4 Å². The molecule has 0 saturated carbocycles. The molecule has 0 aliphatic carbocycles. The van der Waals surface area contributed by atoms with Gasteiger partial charge in [0.2, 0.25) is 0 Å². The van der Waals surface area contributed by atoms with Crippen LogP contribution in [-0.4, -0.2) is 37.8 Å². The van der Waals surface area contributed by atoms with E-state index in [4.69, 9.17) is 0 Å². The lowest BCUT2D eigenvalue weighted by Crippen LogP contribution is -2.41. The summed E-state index contributed by atoms with van der Waals surface area (Å²) in [6.45, 7) is 6.12. The van der Waals surface area contributed by atoms with E-state index in [-0.39, 0.29) is 5.41 Å². The summed E-state index contributed by atoms with van der Waals surface area (Å²) in [6, 6.07) is 5.90. The Morgan fingerprint density at radius 1 is 1.17 bits per heavy atom. The minimum atomic E-state index is -1.02. The highest BCUT2D eigenvalue weighted by Crippen LogP contribution is 2.21. The maximum absolute atomic E-state index is 12.3. The van der Waals surface area contributed by atoms with Gasteiger partial charge in [-0.1, -0.05) is 20.8 Å². The van der Waals surface area contributed by atoms with E-state index in [9.17, 15) is 14.7 Å². The number of nitrogens with one attached hydrogen (secondary N) is 1. The van der Waals surface area contributed by atoms with Gasteiger partial charge in [-0.3, -0.25) is 9.36 Å². The summed E-state index contributed by atoms with van der Waals surface area (Å²) in [5.41, 5.74) is 1.24. The van der Waals surface area contributed by atoms with Crippen LogP contribution in [0.5, 0.6) is 0 Å². The summed E-state index contributed by atoms with van der Waals surface area (Å²) >= 11 is 0. The highest BCUT2D eigenvalue weighted by atomic mass is 16.4. The summed E-state index contributed by atoms with van der Waals surface area (Å²) in [6.07, 6.45) is 4.21. The zero-order chi connectivity index (χ0) is 17.7. The standard InChI is InChI=1S/C17H22N4O3/c1-17(2,3)9-8-14(16(23)24)20-15(22)12-4-6-13(7-5-12)21-10-18-19-11-21/h4-7,10-11,14H,8-9H2,1-3H3,(H,20,22)(H,23,24). The summed E-state index contributed by atoms with van der Waals surface area (Å²) in [5.74, 6) is -1.42. The van der Waals surface area contributed by atoms with E-state index in [1.54, 1.807) is 41.5 Å². The Morgan fingerprint density at radius 2 is 1.75 bits per heavy atom. The molecule has 0 radical (unpaired) electrons. The fourth-order valence-electron chi connectivity index (χ4n) is 2.20. The predicted molar refractivity (Wildman–Crippen MR) is 88.9 cm³/mol. The smallest absolute Gasteiger partial charge is 0.326 e. The van der Waals surface area contributed by atoms with Crippen molar-refractivity contribution in [1.29, 1.82) is 0 Å². The molecule has 0 saturated heterocycles. The summed E-state index contributed by atoms with van der Waals surface area (Å²) in [5, 5.41) is 19.3. The number of aliphatic carboxylic acids is 1. The third-order valence-corrected chi connectivity index (χ3v) is 3.63. The minimum Gasteiger partial charge on any atom is -0.480 e. The van der Waals surface area contributed by atoms with Crippen molar-refractivity contribution in [3.05, 3.63) is 42.5 Å². The fourth-order valence-corrected chi connectivity index (χ4v) is 2.20. The number of carbonyl (C=O) groups excluding carboxylic acids is 1. The van der Waals surface area contributed by atoms with E-state index >= 15 is 0 Å². The lowest BCUT2D eigenvalue weighted by atomic mass is 9.88. The number of carboxylic acid groups (broad SMARTS) is 1. The molecule has 0 fully saturated rings. The number of hydrogen-bond acceptors (Lipinski definition) is 4. The molecule has 24 heavy (non-hydrogen) atoms. The molecule has 1 heterocycles. The lowest BCUT2D eigenvalue weighted by Gasteiger charge is -2.21. The molecule has 1 amide bonds. The van der Waals surface area contributed by atoms with Gasteiger partial charge in [-0.05, 0) is 42.5 Å². The van der Waals surface area contributed by atoms with Gasteiger partial charge in [-0.25, -0.2) is 4.79 Å². The molecular weight excluding hydrogens is 308 g/mol. The Hall–Kier alpha value is -2.70. The highest BCUT2D eigenvalue weighted by Gasteiger charge is 2.23. The first-order chi connectivity index (χ1) is 11.3. The van der Waals surface area contributed by atoms with E-state index in [0.29, 0.717) is 18.4 Å². The van der Waals surface area contributed by atoms with Crippen molar-refractivity contribution in [3.8, 4) is 5.69 Å². The Bertz CT molecular complexity index is 688. The highest BCUT2D eigenvalue weighted by molar-refractivity contribution is 5.96. The van der Waals surface area contributed by atoms with Crippen molar-refractivity contribution < 1.29 is 14.7 Å². The molecule has 1 unspecified atom stereocenters. The number of aromatic nitrogens is 3. The second-order valence-corrected chi connectivity index (χ2v) is 6.88. The van der Waals surface area contributed by atoms with Gasteiger partial charge >= 0.3 is 5.97 Å². The van der Waals surface area contributed by atoms with Crippen LogP contribution in [0.4, 0.5) is 0 Å². The number of carbonyl (C=O) groups is 2. The van der Waals surface area contributed by atoms with Gasteiger partial charge in [-0.15, -0.1) is 10.2 Å². The van der Waals surface area contributed by atoms with Crippen molar-refractivity contribution in [1.82, 2.24) is 20.1 Å². The molecule has 7 heteroatoms. The zero-order valence-corrected chi connectivity index (χ0v) is 14.1. The zero-order valence-electron chi connectivity index (χ0n) is 14.1. The molecule has 0 spiro atoms. The first-order valence-corrected chi connectivity index (χ1v) is 7.75. The molecule has 1 aromatic carbocycles. The maximum atomic E-state index is 12.3. The Kier molecular flexibility index (Phi) is 5.33. The molecule has 0 aliphatic rings. The first-order valence-electron chi connectivity index (χ1n) is 7.75. The summed E-state index contributed by atoms with van der Waals surface area (Å²) < 4.78 is 1.71.